The lowest BCUT2D eigenvalue weighted by Gasteiger charge is -2.17. The van der Waals surface area contributed by atoms with Crippen molar-refractivity contribution in [2.24, 2.45) is 0 Å². The minimum Gasteiger partial charge on any atom is -0.405 e. The van der Waals surface area contributed by atoms with Crippen LogP contribution in [0.3, 0.4) is 0 Å². The molecule has 1 rings (SSSR count). The van der Waals surface area contributed by atoms with Gasteiger partial charge in [0.1, 0.15) is 0 Å². The zero-order chi connectivity index (χ0) is 15.6. The Hall–Kier alpha value is -2.00. The SMILES string of the molecule is CC(O)(O)OC(=O)c1ccc(C(=O)OC(C)(O)O)cc1. The quantitative estimate of drug-likeness (QED) is 0.422. The highest BCUT2D eigenvalue weighted by atomic mass is 16.8. The van der Waals surface area contributed by atoms with E-state index in [-0.39, 0.29) is 11.1 Å². The van der Waals surface area contributed by atoms with Gasteiger partial charge in [0.15, 0.2) is 0 Å². The van der Waals surface area contributed by atoms with E-state index in [0.29, 0.717) is 0 Å². The second-order valence-corrected chi connectivity index (χ2v) is 4.22. The monoisotopic (exact) mass is 286 g/mol. The number of hydrogen-bond donors (Lipinski definition) is 4. The van der Waals surface area contributed by atoms with Gasteiger partial charge >= 0.3 is 23.9 Å². The second kappa shape index (κ2) is 5.55. The molecular formula is C12H14O8. The molecule has 0 unspecified atom stereocenters. The van der Waals surface area contributed by atoms with Crippen LogP contribution in [0.1, 0.15) is 34.6 Å². The number of aliphatic hydroxyl groups is 4. The van der Waals surface area contributed by atoms with Crippen molar-refractivity contribution in [3.05, 3.63) is 35.4 Å². The lowest BCUT2D eigenvalue weighted by atomic mass is 10.1. The average Bonchev–Trinajstić information content (AvgIpc) is 2.24. The first-order valence-electron chi connectivity index (χ1n) is 5.44. The van der Waals surface area contributed by atoms with Gasteiger partial charge in [0.25, 0.3) is 0 Å². The molecule has 0 saturated heterocycles. The molecule has 0 fully saturated rings. The molecule has 110 valence electrons. The molecule has 0 aliphatic heterocycles. The van der Waals surface area contributed by atoms with E-state index in [4.69, 9.17) is 20.4 Å². The molecule has 4 N–H and O–H groups in total. The number of benzene rings is 1. The smallest absolute Gasteiger partial charge is 0.342 e. The minimum absolute atomic E-state index is 0.0355. The topological polar surface area (TPSA) is 134 Å². The van der Waals surface area contributed by atoms with E-state index >= 15 is 0 Å². The van der Waals surface area contributed by atoms with E-state index < -0.39 is 23.9 Å². The summed E-state index contributed by atoms with van der Waals surface area (Å²) >= 11 is 0. The Balaban J connectivity index is 2.79. The Kier molecular flexibility index (Phi) is 4.46. The van der Waals surface area contributed by atoms with Gasteiger partial charge in [0.05, 0.1) is 11.1 Å². The molecule has 1 aromatic carbocycles. The van der Waals surface area contributed by atoms with Gasteiger partial charge in [0.2, 0.25) is 0 Å². The summed E-state index contributed by atoms with van der Waals surface area (Å²) in [6.45, 7) is 1.72. The molecule has 8 heteroatoms. The summed E-state index contributed by atoms with van der Waals surface area (Å²) in [5.74, 6) is -7.23. The number of ether oxygens (including phenoxy) is 2. The predicted molar refractivity (Wildman–Crippen MR) is 63.0 cm³/mol. The molecule has 0 aliphatic rings. The fourth-order valence-electron chi connectivity index (χ4n) is 1.21. The van der Waals surface area contributed by atoms with E-state index in [0.717, 1.165) is 13.8 Å². The van der Waals surface area contributed by atoms with Crippen LogP contribution in [0, 0.1) is 0 Å². The zero-order valence-electron chi connectivity index (χ0n) is 10.7. The van der Waals surface area contributed by atoms with Gasteiger partial charge in [-0.3, -0.25) is 0 Å². The summed E-state index contributed by atoms with van der Waals surface area (Å²) in [5, 5.41) is 35.6. The van der Waals surface area contributed by atoms with E-state index in [1.807, 2.05) is 0 Å². The maximum absolute atomic E-state index is 11.4. The standard InChI is InChI=1S/C12H14O8/c1-11(15,16)19-9(13)7-3-5-8(6-4-7)10(14)20-12(2,17)18/h3-6,15-18H,1-2H3. The second-order valence-electron chi connectivity index (χ2n) is 4.22. The highest BCUT2D eigenvalue weighted by Crippen LogP contribution is 2.12. The molecule has 0 aromatic heterocycles. The van der Waals surface area contributed by atoms with Gasteiger partial charge in [-0.2, -0.15) is 0 Å². The molecular weight excluding hydrogens is 272 g/mol. The number of hydrogen-bond acceptors (Lipinski definition) is 8. The lowest BCUT2D eigenvalue weighted by Crippen LogP contribution is -2.31. The summed E-state index contributed by atoms with van der Waals surface area (Å²) in [5.41, 5.74) is -0.0710. The van der Waals surface area contributed by atoms with Gasteiger partial charge in [-0.15, -0.1) is 0 Å². The maximum atomic E-state index is 11.4. The van der Waals surface area contributed by atoms with Crippen LogP contribution in [0.25, 0.3) is 0 Å². The fourth-order valence-corrected chi connectivity index (χ4v) is 1.21. The summed E-state index contributed by atoms with van der Waals surface area (Å²) in [7, 11) is 0. The number of esters is 2. The Morgan fingerprint density at radius 1 is 0.800 bits per heavy atom. The van der Waals surface area contributed by atoms with Crippen molar-refractivity contribution >= 4 is 11.9 Å². The Labute approximate surface area is 113 Å². The molecule has 0 saturated carbocycles. The summed E-state index contributed by atoms with van der Waals surface area (Å²) in [4.78, 5) is 22.9. The molecule has 20 heavy (non-hydrogen) atoms. The van der Waals surface area contributed by atoms with E-state index in [1.165, 1.54) is 24.3 Å². The molecule has 0 atom stereocenters. The Morgan fingerprint density at radius 3 is 1.25 bits per heavy atom. The normalized spacial score (nSPS) is 11.9. The van der Waals surface area contributed by atoms with Gasteiger partial charge in [-0.05, 0) is 24.3 Å². The van der Waals surface area contributed by atoms with Crippen LogP contribution in [0.2, 0.25) is 0 Å². The fraction of sp³-hybridized carbons (Fsp3) is 0.333. The number of rotatable bonds is 4. The third-order valence-electron chi connectivity index (χ3n) is 1.93. The van der Waals surface area contributed by atoms with Gasteiger partial charge in [0, 0.05) is 13.8 Å². The van der Waals surface area contributed by atoms with Crippen molar-refractivity contribution in [2.45, 2.75) is 25.8 Å². The molecule has 0 bridgehead atoms. The Bertz CT molecular complexity index is 445. The minimum atomic E-state index is -2.61. The molecule has 0 amide bonds. The molecule has 0 heterocycles. The van der Waals surface area contributed by atoms with E-state index in [9.17, 15) is 9.59 Å². The van der Waals surface area contributed by atoms with Crippen LogP contribution < -0.4 is 0 Å². The van der Waals surface area contributed by atoms with Crippen molar-refractivity contribution in [3.8, 4) is 0 Å². The highest BCUT2D eigenvalue weighted by molar-refractivity contribution is 5.93. The van der Waals surface area contributed by atoms with Gasteiger partial charge in [-0.25, -0.2) is 9.59 Å². The number of carbonyl (C=O) groups excluding carboxylic acids is 2. The van der Waals surface area contributed by atoms with E-state index in [1.54, 1.807) is 0 Å². The van der Waals surface area contributed by atoms with Crippen molar-refractivity contribution in [2.75, 3.05) is 0 Å². The lowest BCUT2D eigenvalue weighted by molar-refractivity contribution is -0.295. The van der Waals surface area contributed by atoms with E-state index in [2.05, 4.69) is 9.47 Å². The van der Waals surface area contributed by atoms with Crippen molar-refractivity contribution in [3.63, 3.8) is 0 Å². The first kappa shape index (κ1) is 16.1. The first-order valence-corrected chi connectivity index (χ1v) is 5.44. The van der Waals surface area contributed by atoms with Crippen LogP contribution in [0.4, 0.5) is 0 Å². The molecule has 0 aliphatic carbocycles. The molecule has 0 spiro atoms. The van der Waals surface area contributed by atoms with Gasteiger partial charge in [-0.1, -0.05) is 0 Å². The Morgan fingerprint density at radius 2 is 1.05 bits per heavy atom. The van der Waals surface area contributed by atoms with Crippen LogP contribution in [-0.4, -0.2) is 44.3 Å². The van der Waals surface area contributed by atoms with Crippen LogP contribution in [0.15, 0.2) is 24.3 Å². The van der Waals surface area contributed by atoms with Gasteiger partial charge < -0.3 is 29.9 Å². The summed E-state index contributed by atoms with van der Waals surface area (Å²) < 4.78 is 8.56. The van der Waals surface area contributed by atoms with Crippen molar-refractivity contribution in [1.82, 2.24) is 0 Å². The summed E-state index contributed by atoms with van der Waals surface area (Å²) in [6.07, 6.45) is 0. The molecule has 1 aromatic rings. The van der Waals surface area contributed by atoms with Crippen LogP contribution >= 0.6 is 0 Å². The van der Waals surface area contributed by atoms with Crippen LogP contribution in [-0.2, 0) is 9.47 Å². The molecule has 0 radical (unpaired) electrons. The maximum Gasteiger partial charge on any atom is 0.342 e. The van der Waals surface area contributed by atoms with Crippen molar-refractivity contribution < 1.29 is 39.5 Å². The molecule has 8 nitrogen and oxygen atoms in total. The van der Waals surface area contributed by atoms with Crippen molar-refractivity contribution in [1.29, 1.82) is 0 Å². The highest BCUT2D eigenvalue weighted by Gasteiger charge is 2.24. The first-order chi connectivity index (χ1) is 8.98. The van der Waals surface area contributed by atoms with Crippen LogP contribution in [0.5, 0.6) is 0 Å². The number of carbonyl (C=O) groups is 2. The zero-order valence-corrected chi connectivity index (χ0v) is 10.7. The third kappa shape index (κ3) is 5.33. The largest absolute Gasteiger partial charge is 0.405 e. The predicted octanol–water partition coefficient (Wildman–Crippen LogP) is -0.683. The summed E-state index contributed by atoms with van der Waals surface area (Å²) in [6, 6.07) is 4.71. The third-order valence-corrected chi connectivity index (χ3v) is 1.93. The average molecular weight is 286 g/mol.